The number of ether oxygens (including phenoxy) is 1. The second-order valence-corrected chi connectivity index (χ2v) is 5.89. The first kappa shape index (κ1) is 14.8. The molecule has 0 aliphatic heterocycles. The van der Waals surface area contributed by atoms with E-state index in [0.717, 1.165) is 25.9 Å². The van der Waals surface area contributed by atoms with E-state index < -0.39 is 5.54 Å². The number of hydrogen-bond acceptors (Lipinski definition) is 4. The van der Waals surface area contributed by atoms with Crippen LogP contribution in [-0.2, 0) is 9.53 Å². The first-order valence-corrected chi connectivity index (χ1v) is 7.41. The van der Waals surface area contributed by atoms with Gasteiger partial charge in [-0.1, -0.05) is 6.92 Å². The zero-order valence-corrected chi connectivity index (χ0v) is 12.2. The topological polar surface area (TPSA) is 67.6 Å². The lowest BCUT2D eigenvalue weighted by Crippen LogP contribution is -2.64. The molecule has 2 rings (SSSR count). The van der Waals surface area contributed by atoms with Crippen LogP contribution in [0.15, 0.2) is 0 Å². The molecule has 19 heavy (non-hydrogen) atoms. The number of primary amides is 1. The highest BCUT2D eigenvalue weighted by molar-refractivity contribution is 5.86. The Labute approximate surface area is 115 Å². The van der Waals surface area contributed by atoms with Gasteiger partial charge in [-0.15, -0.1) is 0 Å². The molecule has 110 valence electrons. The van der Waals surface area contributed by atoms with Crippen molar-refractivity contribution in [2.24, 2.45) is 11.7 Å². The summed E-state index contributed by atoms with van der Waals surface area (Å²) in [5.41, 5.74) is 5.24. The first-order valence-electron chi connectivity index (χ1n) is 7.41. The Morgan fingerprint density at radius 3 is 2.53 bits per heavy atom. The van der Waals surface area contributed by atoms with Crippen molar-refractivity contribution in [2.75, 3.05) is 33.4 Å². The van der Waals surface area contributed by atoms with Gasteiger partial charge in [0.1, 0.15) is 5.54 Å². The summed E-state index contributed by atoms with van der Waals surface area (Å²) in [6.07, 6.45) is 4.58. The summed E-state index contributed by atoms with van der Waals surface area (Å²) >= 11 is 0. The lowest BCUT2D eigenvalue weighted by atomic mass is 9.91. The smallest absolute Gasteiger partial charge is 0.239 e. The van der Waals surface area contributed by atoms with Gasteiger partial charge in [0.2, 0.25) is 5.91 Å². The molecule has 1 unspecified atom stereocenters. The van der Waals surface area contributed by atoms with E-state index in [9.17, 15) is 4.79 Å². The molecule has 2 aliphatic rings. The van der Waals surface area contributed by atoms with Gasteiger partial charge in [0.15, 0.2) is 0 Å². The lowest BCUT2D eigenvalue weighted by Gasteiger charge is -2.37. The minimum Gasteiger partial charge on any atom is -0.383 e. The minimum absolute atomic E-state index is 0.183. The number of carbonyl (C=O) groups excluding carboxylic acids is 1. The zero-order chi connectivity index (χ0) is 13.9. The van der Waals surface area contributed by atoms with E-state index in [1.54, 1.807) is 7.11 Å². The first-order chi connectivity index (χ1) is 9.12. The van der Waals surface area contributed by atoms with Gasteiger partial charge in [-0.05, 0) is 38.1 Å². The second-order valence-electron chi connectivity index (χ2n) is 5.89. The molecule has 2 saturated carbocycles. The number of amides is 1. The number of likely N-dealkylation sites (N-methyl/N-ethyl adjacent to an activating group) is 1. The highest BCUT2D eigenvalue weighted by Gasteiger charge is 2.52. The number of carbonyl (C=O) groups is 1. The third kappa shape index (κ3) is 3.68. The average Bonchev–Trinajstić information content (AvgIpc) is 3.25. The average molecular weight is 269 g/mol. The monoisotopic (exact) mass is 269 g/mol. The Morgan fingerprint density at radius 2 is 2.11 bits per heavy atom. The van der Waals surface area contributed by atoms with Crippen LogP contribution in [0.2, 0.25) is 0 Å². The lowest BCUT2D eigenvalue weighted by molar-refractivity contribution is -0.126. The van der Waals surface area contributed by atoms with Gasteiger partial charge >= 0.3 is 0 Å². The third-order valence-corrected chi connectivity index (χ3v) is 4.28. The molecular weight excluding hydrogens is 242 g/mol. The molecule has 1 amide bonds. The van der Waals surface area contributed by atoms with Crippen LogP contribution in [0.4, 0.5) is 0 Å². The number of methoxy groups -OCH3 is 1. The van der Waals surface area contributed by atoms with Crippen molar-refractivity contribution in [3.05, 3.63) is 0 Å². The molecule has 0 aromatic heterocycles. The van der Waals surface area contributed by atoms with E-state index in [4.69, 9.17) is 10.5 Å². The summed E-state index contributed by atoms with van der Waals surface area (Å²) in [5.74, 6) is 0.236. The molecule has 0 aromatic rings. The van der Waals surface area contributed by atoms with Gasteiger partial charge in [0, 0.05) is 26.2 Å². The highest BCUT2D eigenvalue weighted by Crippen LogP contribution is 2.42. The van der Waals surface area contributed by atoms with E-state index >= 15 is 0 Å². The van der Waals surface area contributed by atoms with Crippen molar-refractivity contribution in [3.8, 4) is 0 Å². The molecule has 5 nitrogen and oxygen atoms in total. The molecule has 2 aliphatic carbocycles. The van der Waals surface area contributed by atoms with Crippen molar-refractivity contribution in [2.45, 2.75) is 44.2 Å². The van der Waals surface area contributed by atoms with E-state index in [1.807, 2.05) is 0 Å². The molecule has 5 heteroatoms. The number of nitrogens with zero attached hydrogens (tertiary/aromatic N) is 1. The molecule has 2 fully saturated rings. The second kappa shape index (κ2) is 6.20. The van der Waals surface area contributed by atoms with Crippen molar-refractivity contribution in [3.63, 3.8) is 0 Å². The van der Waals surface area contributed by atoms with Crippen molar-refractivity contribution in [1.82, 2.24) is 10.2 Å². The van der Waals surface area contributed by atoms with E-state index in [2.05, 4.69) is 17.1 Å². The minimum atomic E-state index is -0.523. The third-order valence-electron chi connectivity index (χ3n) is 4.28. The fraction of sp³-hybridized carbons (Fsp3) is 0.929. The fourth-order valence-electron chi connectivity index (χ4n) is 2.73. The Morgan fingerprint density at radius 1 is 1.42 bits per heavy atom. The molecule has 0 bridgehead atoms. The standard InChI is InChI=1S/C14H27N3O2/c1-3-17(8-9-19-2)10-14(13(15)18,11-4-5-11)16-12-6-7-12/h11-12,16H,3-10H2,1-2H3,(H2,15,18). The Bertz CT molecular complexity index is 316. The van der Waals surface area contributed by atoms with Crippen LogP contribution in [-0.4, -0.2) is 55.7 Å². The molecule has 0 radical (unpaired) electrons. The number of nitrogens with two attached hydrogens (primary N) is 1. The summed E-state index contributed by atoms with van der Waals surface area (Å²) in [6.45, 7) is 5.28. The maximum atomic E-state index is 12.1. The number of hydrogen-bond donors (Lipinski definition) is 2. The maximum Gasteiger partial charge on any atom is 0.239 e. The van der Waals surface area contributed by atoms with Gasteiger partial charge < -0.3 is 10.5 Å². The van der Waals surface area contributed by atoms with Gasteiger partial charge in [-0.3, -0.25) is 15.0 Å². The molecule has 0 heterocycles. The van der Waals surface area contributed by atoms with Crippen LogP contribution in [0.1, 0.15) is 32.6 Å². The van der Waals surface area contributed by atoms with E-state index in [1.165, 1.54) is 12.8 Å². The molecule has 3 N–H and O–H groups in total. The van der Waals surface area contributed by atoms with Crippen molar-refractivity contribution < 1.29 is 9.53 Å². The SMILES string of the molecule is CCN(CCOC)CC(NC1CC1)(C(N)=O)C1CC1. The van der Waals surface area contributed by atoms with Crippen molar-refractivity contribution in [1.29, 1.82) is 0 Å². The van der Waals surface area contributed by atoms with E-state index in [-0.39, 0.29) is 5.91 Å². The van der Waals surface area contributed by atoms with E-state index in [0.29, 0.717) is 25.1 Å². The Kier molecular flexibility index (Phi) is 4.81. The summed E-state index contributed by atoms with van der Waals surface area (Å²) in [5, 5.41) is 3.55. The van der Waals surface area contributed by atoms with Crippen LogP contribution in [0, 0.1) is 5.92 Å². The van der Waals surface area contributed by atoms with Crippen LogP contribution < -0.4 is 11.1 Å². The Hall–Kier alpha value is -0.650. The summed E-state index contributed by atoms with van der Waals surface area (Å²) < 4.78 is 5.14. The molecule has 0 spiro atoms. The van der Waals surface area contributed by atoms with Crippen LogP contribution in [0.25, 0.3) is 0 Å². The van der Waals surface area contributed by atoms with Gasteiger partial charge in [-0.2, -0.15) is 0 Å². The van der Waals surface area contributed by atoms with Gasteiger partial charge in [-0.25, -0.2) is 0 Å². The highest BCUT2D eigenvalue weighted by atomic mass is 16.5. The summed E-state index contributed by atoms with van der Waals surface area (Å²) in [6, 6.07) is 0.495. The Balaban J connectivity index is 2.04. The van der Waals surface area contributed by atoms with Crippen LogP contribution in [0.5, 0.6) is 0 Å². The quantitative estimate of drug-likeness (QED) is 0.600. The number of rotatable bonds is 10. The number of nitrogens with one attached hydrogen (secondary N) is 1. The molecular formula is C14H27N3O2. The normalized spacial score (nSPS) is 22.5. The summed E-state index contributed by atoms with van der Waals surface area (Å²) in [4.78, 5) is 14.4. The predicted octanol–water partition coefficient (Wildman–Crippen LogP) is 0.341. The van der Waals surface area contributed by atoms with Gasteiger partial charge in [0.05, 0.1) is 6.61 Å². The van der Waals surface area contributed by atoms with Crippen molar-refractivity contribution >= 4 is 5.91 Å². The van der Waals surface area contributed by atoms with Gasteiger partial charge in [0.25, 0.3) is 0 Å². The van der Waals surface area contributed by atoms with Crippen LogP contribution in [0.3, 0.4) is 0 Å². The molecule has 0 aromatic carbocycles. The molecule has 0 saturated heterocycles. The van der Waals surface area contributed by atoms with Crippen LogP contribution >= 0.6 is 0 Å². The molecule has 1 atom stereocenters. The predicted molar refractivity (Wildman–Crippen MR) is 74.8 cm³/mol. The largest absolute Gasteiger partial charge is 0.383 e. The maximum absolute atomic E-state index is 12.1. The zero-order valence-electron chi connectivity index (χ0n) is 12.2. The summed E-state index contributed by atoms with van der Waals surface area (Å²) in [7, 11) is 1.71. The fourth-order valence-corrected chi connectivity index (χ4v) is 2.73.